The highest BCUT2D eigenvalue weighted by Gasteiger charge is 2.24. The molecule has 0 unspecified atom stereocenters. The summed E-state index contributed by atoms with van der Waals surface area (Å²) >= 11 is 3.31. The first-order valence-corrected chi connectivity index (χ1v) is 7.51. The van der Waals surface area contributed by atoms with E-state index in [2.05, 4.69) is 21.2 Å². The van der Waals surface area contributed by atoms with E-state index in [4.69, 9.17) is 0 Å². The third-order valence-electron chi connectivity index (χ3n) is 3.45. The molecule has 0 heterocycles. The summed E-state index contributed by atoms with van der Waals surface area (Å²) in [6.45, 7) is 3.16. The van der Waals surface area contributed by atoms with Crippen LogP contribution in [0.1, 0.15) is 21.5 Å². The molecule has 0 aromatic heterocycles. The van der Waals surface area contributed by atoms with Crippen LogP contribution in [0.3, 0.4) is 0 Å². The largest absolute Gasteiger partial charge is 0.322 e. The third-order valence-corrected chi connectivity index (χ3v) is 3.95. The standard InChI is InChI=1S/C15H12BrN3O5/c1-8-5-10(16)3-4-13(8)17-15(20)12-6-11(18(21)22)7-14(9(12)2)19(23)24/h3-7H,1-2H3,(H,17,20). The summed E-state index contributed by atoms with van der Waals surface area (Å²) < 4.78 is 0.833. The number of halogens is 1. The molecule has 0 fully saturated rings. The number of non-ortho nitro benzene ring substituents is 1. The number of nitrogens with one attached hydrogen (secondary N) is 1. The first-order chi connectivity index (χ1) is 11.2. The second-order valence-electron chi connectivity index (χ2n) is 5.07. The number of nitrogens with zero attached hydrogens (tertiary/aromatic N) is 2. The molecule has 24 heavy (non-hydrogen) atoms. The Labute approximate surface area is 144 Å². The fourth-order valence-corrected chi connectivity index (χ4v) is 2.65. The van der Waals surface area contributed by atoms with Gasteiger partial charge in [0.2, 0.25) is 0 Å². The Morgan fingerprint density at radius 3 is 2.29 bits per heavy atom. The Morgan fingerprint density at radius 1 is 1.08 bits per heavy atom. The van der Waals surface area contributed by atoms with Crippen LogP contribution in [-0.4, -0.2) is 15.8 Å². The number of hydrogen-bond donors (Lipinski definition) is 1. The summed E-state index contributed by atoms with van der Waals surface area (Å²) in [6, 6.07) is 7.06. The molecule has 1 N–H and O–H groups in total. The molecule has 2 aromatic carbocycles. The van der Waals surface area contributed by atoms with Gasteiger partial charge in [-0.1, -0.05) is 15.9 Å². The van der Waals surface area contributed by atoms with E-state index in [0.717, 1.165) is 22.2 Å². The molecule has 0 bridgehead atoms. The van der Waals surface area contributed by atoms with E-state index < -0.39 is 27.1 Å². The molecule has 0 saturated heterocycles. The van der Waals surface area contributed by atoms with Crippen molar-refractivity contribution in [3.05, 3.63) is 71.7 Å². The van der Waals surface area contributed by atoms with Crippen molar-refractivity contribution in [2.24, 2.45) is 0 Å². The Kier molecular flexibility index (Phi) is 4.93. The number of nitro benzene ring substituents is 2. The van der Waals surface area contributed by atoms with E-state index in [9.17, 15) is 25.0 Å². The Hall–Kier alpha value is -2.81. The maximum absolute atomic E-state index is 12.5. The number of hydrogen-bond acceptors (Lipinski definition) is 5. The Morgan fingerprint density at radius 2 is 1.75 bits per heavy atom. The van der Waals surface area contributed by atoms with Gasteiger partial charge in [-0.2, -0.15) is 0 Å². The number of rotatable bonds is 4. The van der Waals surface area contributed by atoms with Crippen molar-refractivity contribution in [3.63, 3.8) is 0 Å². The van der Waals surface area contributed by atoms with Crippen LogP contribution in [-0.2, 0) is 0 Å². The van der Waals surface area contributed by atoms with Gasteiger partial charge in [-0.15, -0.1) is 0 Å². The van der Waals surface area contributed by atoms with Gasteiger partial charge in [0.05, 0.1) is 21.5 Å². The van der Waals surface area contributed by atoms with Crippen LogP contribution < -0.4 is 5.32 Å². The molecule has 2 rings (SSSR count). The van der Waals surface area contributed by atoms with Crippen molar-refractivity contribution < 1.29 is 14.6 Å². The lowest BCUT2D eigenvalue weighted by Gasteiger charge is -2.10. The lowest BCUT2D eigenvalue weighted by molar-refractivity contribution is -0.394. The van der Waals surface area contributed by atoms with Crippen LogP contribution in [0.15, 0.2) is 34.8 Å². The fourth-order valence-electron chi connectivity index (χ4n) is 2.17. The monoisotopic (exact) mass is 393 g/mol. The highest BCUT2D eigenvalue weighted by atomic mass is 79.9. The van der Waals surface area contributed by atoms with Gasteiger partial charge in [0.25, 0.3) is 17.3 Å². The highest BCUT2D eigenvalue weighted by Crippen LogP contribution is 2.29. The Bertz CT molecular complexity index is 866. The third kappa shape index (κ3) is 3.57. The molecule has 9 heteroatoms. The molecule has 0 aliphatic heterocycles. The maximum Gasteiger partial charge on any atom is 0.279 e. The minimum atomic E-state index is -0.770. The fraction of sp³-hybridized carbons (Fsp3) is 0.133. The Balaban J connectivity index is 2.48. The van der Waals surface area contributed by atoms with Crippen LogP contribution in [0, 0.1) is 34.1 Å². The van der Waals surface area contributed by atoms with Gasteiger partial charge in [-0.25, -0.2) is 0 Å². The van der Waals surface area contributed by atoms with Gasteiger partial charge in [0, 0.05) is 21.8 Å². The van der Waals surface area contributed by atoms with Gasteiger partial charge in [-0.05, 0) is 37.6 Å². The molecule has 0 radical (unpaired) electrons. The molecular weight excluding hydrogens is 382 g/mol. The zero-order valence-electron chi connectivity index (χ0n) is 12.7. The second-order valence-corrected chi connectivity index (χ2v) is 5.98. The number of anilines is 1. The van der Waals surface area contributed by atoms with Crippen molar-refractivity contribution >= 4 is 38.9 Å². The van der Waals surface area contributed by atoms with Crippen molar-refractivity contribution in [2.45, 2.75) is 13.8 Å². The van der Waals surface area contributed by atoms with E-state index in [1.54, 1.807) is 25.1 Å². The topological polar surface area (TPSA) is 115 Å². The summed E-state index contributed by atoms with van der Waals surface area (Å²) in [4.78, 5) is 33.0. The lowest BCUT2D eigenvalue weighted by atomic mass is 10.0. The molecule has 8 nitrogen and oxygen atoms in total. The molecule has 0 atom stereocenters. The van der Waals surface area contributed by atoms with E-state index >= 15 is 0 Å². The number of benzene rings is 2. The molecule has 124 valence electrons. The summed E-state index contributed by atoms with van der Waals surface area (Å²) in [7, 11) is 0. The van der Waals surface area contributed by atoms with Crippen LogP contribution in [0.5, 0.6) is 0 Å². The predicted molar refractivity (Wildman–Crippen MR) is 91.3 cm³/mol. The van der Waals surface area contributed by atoms with E-state index in [0.29, 0.717) is 5.69 Å². The number of carbonyl (C=O) groups is 1. The quantitative estimate of drug-likeness (QED) is 0.618. The first-order valence-electron chi connectivity index (χ1n) is 6.71. The normalized spacial score (nSPS) is 10.3. The molecule has 0 saturated carbocycles. The van der Waals surface area contributed by atoms with Gasteiger partial charge in [-0.3, -0.25) is 25.0 Å². The van der Waals surface area contributed by atoms with Crippen LogP contribution in [0.2, 0.25) is 0 Å². The molecule has 0 spiro atoms. The van der Waals surface area contributed by atoms with E-state index in [1.165, 1.54) is 6.92 Å². The molecule has 1 amide bonds. The highest BCUT2D eigenvalue weighted by molar-refractivity contribution is 9.10. The van der Waals surface area contributed by atoms with Crippen molar-refractivity contribution in [1.29, 1.82) is 0 Å². The number of carbonyl (C=O) groups excluding carboxylic acids is 1. The van der Waals surface area contributed by atoms with Gasteiger partial charge in [0.15, 0.2) is 0 Å². The molecule has 2 aromatic rings. The average Bonchev–Trinajstić information content (AvgIpc) is 2.49. The second kappa shape index (κ2) is 6.75. The molecule has 0 aliphatic carbocycles. The maximum atomic E-state index is 12.5. The minimum absolute atomic E-state index is 0.0675. The van der Waals surface area contributed by atoms with E-state index in [-0.39, 0.29) is 11.1 Å². The smallest absolute Gasteiger partial charge is 0.279 e. The summed E-state index contributed by atoms with van der Waals surface area (Å²) in [5, 5.41) is 24.6. The van der Waals surface area contributed by atoms with E-state index in [1.807, 2.05) is 0 Å². The number of aryl methyl sites for hydroxylation is 1. The van der Waals surface area contributed by atoms with Gasteiger partial charge in [0.1, 0.15) is 0 Å². The molecule has 0 aliphatic rings. The summed E-state index contributed by atoms with van der Waals surface area (Å²) in [5.74, 6) is -0.648. The SMILES string of the molecule is Cc1cc(Br)ccc1NC(=O)c1cc([N+](=O)[O-])cc([N+](=O)[O-])c1C. The molecular formula is C15H12BrN3O5. The minimum Gasteiger partial charge on any atom is -0.322 e. The predicted octanol–water partition coefficient (Wildman–Crippen LogP) is 4.13. The zero-order valence-corrected chi connectivity index (χ0v) is 14.3. The van der Waals surface area contributed by atoms with Crippen LogP contribution in [0.4, 0.5) is 17.1 Å². The summed E-state index contributed by atoms with van der Waals surface area (Å²) in [5.41, 5.74) is 0.259. The van der Waals surface area contributed by atoms with Gasteiger partial charge < -0.3 is 5.32 Å². The van der Waals surface area contributed by atoms with Crippen molar-refractivity contribution in [1.82, 2.24) is 0 Å². The van der Waals surface area contributed by atoms with Crippen molar-refractivity contribution in [2.75, 3.05) is 5.32 Å². The van der Waals surface area contributed by atoms with Crippen molar-refractivity contribution in [3.8, 4) is 0 Å². The lowest BCUT2D eigenvalue weighted by Crippen LogP contribution is -2.15. The van der Waals surface area contributed by atoms with Gasteiger partial charge >= 0.3 is 0 Å². The number of amides is 1. The summed E-state index contributed by atoms with van der Waals surface area (Å²) in [6.07, 6.45) is 0. The number of nitro groups is 2. The first kappa shape index (κ1) is 17.5. The van der Waals surface area contributed by atoms with Crippen LogP contribution in [0.25, 0.3) is 0 Å². The van der Waals surface area contributed by atoms with Crippen LogP contribution >= 0.6 is 15.9 Å². The zero-order chi connectivity index (χ0) is 18.0. The average molecular weight is 394 g/mol.